The van der Waals surface area contributed by atoms with E-state index in [2.05, 4.69) is 24.3 Å². The molecule has 0 N–H and O–H groups in total. The molecule has 0 unspecified atom stereocenters. The third kappa shape index (κ3) is 5.84. The minimum Gasteiger partial charge on any atom is -0.493 e. The van der Waals surface area contributed by atoms with Crippen molar-refractivity contribution in [1.82, 2.24) is 5.32 Å². The second kappa shape index (κ2) is 12.1. The molecule has 1 aliphatic heterocycles. The van der Waals surface area contributed by atoms with Gasteiger partial charge in [0.15, 0.2) is 11.5 Å². The summed E-state index contributed by atoms with van der Waals surface area (Å²) in [6, 6.07) is 24.3. The summed E-state index contributed by atoms with van der Waals surface area (Å²) >= 11 is 0. The van der Waals surface area contributed by atoms with Gasteiger partial charge >= 0.3 is 0 Å². The van der Waals surface area contributed by atoms with Gasteiger partial charge in [0.25, 0.3) is 0 Å². The molecule has 1 aliphatic rings. The maximum Gasteiger partial charge on any atom is 0.203 e. The molecule has 0 fully saturated rings. The van der Waals surface area contributed by atoms with Crippen LogP contribution in [0.2, 0.25) is 0 Å². The van der Waals surface area contributed by atoms with E-state index in [-0.39, 0.29) is 0 Å². The molecular weight excluding hydrogens is 440 g/mol. The summed E-state index contributed by atoms with van der Waals surface area (Å²) < 4.78 is 22.2. The SMILES string of the molecule is COc1ccc(COCCCCC2=NC(c3ccccc3)=C(c3ccccc3)[N]2)c(OC)c1OC. The number of nitrogens with zero attached hydrogens (tertiary/aromatic N) is 2. The Morgan fingerprint density at radius 1 is 0.657 bits per heavy atom. The van der Waals surface area contributed by atoms with Crippen molar-refractivity contribution in [3.05, 3.63) is 89.5 Å². The van der Waals surface area contributed by atoms with Gasteiger partial charge in [0.2, 0.25) is 5.75 Å². The molecule has 6 nitrogen and oxygen atoms in total. The number of benzene rings is 3. The summed E-state index contributed by atoms with van der Waals surface area (Å²) in [4.78, 5) is 4.89. The zero-order chi connectivity index (χ0) is 24.5. The van der Waals surface area contributed by atoms with Crippen LogP contribution in [0.1, 0.15) is 36.0 Å². The Hall–Kier alpha value is -3.77. The Kier molecular flexibility index (Phi) is 8.41. The first-order valence-electron chi connectivity index (χ1n) is 11.7. The molecule has 6 heteroatoms. The first-order chi connectivity index (χ1) is 17.2. The average molecular weight is 472 g/mol. The molecule has 3 aromatic rings. The highest BCUT2D eigenvalue weighted by molar-refractivity contribution is 6.07. The summed E-state index contributed by atoms with van der Waals surface area (Å²) in [7, 11) is 4.83. The Bertz CT molecular complexity index is 1170. The van der Waals surface area contributed by atoms with Crippen LogP contribution in [-0.4, -0.2) is 33.8 Å². The van der Waals surface area contributed by atoms with Crippen molar-refractivity contribution < 1.29 is 18.9 Å². The van der Waals surface area contributed by atoms with Crippen molar-refractivity contribution in [3.63, 3.8) is 0 Å². The summed E-state index contributed by atoms with van der Waals surface area (Å²) in [5, 5.41) is 4.89. The molecule has 0 bridgehead atoms. The van der Waals surface area contributed by atoms with Gasteiger partial charge in [-0.2, -0.15) is 0 Å². The molecule has 1 radical (unpaired) electrons. The van der Waals surface area contributed by atoms with Gasteiger partial charge in [-0.1, -0.05) is 60.7 Å². The summed E-state index contributed by atoms with van der Waals surface area (Å²) in [6.07, 6.45) is 2.65. The third-order valence-corrected chi connectivity index (χ3v) is 5.78. The van der Waals surface area contributed by atoms with Crippen LogP contribution in [0.15, 0.2) is 77.8 Å². The van der Waals surface area contributed by atoms with Gasteiger partial charge in [-0.05, 0) is 25.0 Å². The minimum absolute atomic E-state index is 0.437. The predicted molar refractivity (Wildman–Crippen MR) is 139 cm³/mol. The second-order valence-electron chi connectivity index (χ2n) is 8.07. The molecule has 0 spiro atoms. The van der Waals surface area contributed by atoms with Gasteiger partial charge in [0.1, 0.15) is 5.84 Å². The fourth-order valence-electron chi connectivity index (χ4n) is 4.04. The van der Waals surface area contributed by atoms with Crippen LogP contribution >= 0.6 is 0 Å². The molecule has 0 aliphatic carbocycles. The lowest BCUT2D eigenvalue weighted by molar-refractivity contribution is 0.115. The lowest BCUT2D eigenvalue weighted by Gasteiger charge is -2.15. The monoisotopic (exact) mass is 471 g/mol. The van der Waals surface area contributed by atoms with E-state index in [1.165, 1.54) is 0 Å². The lowest BCUT2D eigenvalue weighted by atomic mass is 10.1. The van der Waals surface area contributed by atoms with Gasteiger partial charge in [0, 0.05) is 29.7 Å². The Balaban J connectivity index is 1.31. The molecule has 1 heterocycles. The number of hydrogen-bond donors (Lipinski definition) is 0. The molecule has 0 saturated carbocycles. The van der Waals surface area contributed by atoms with Crippen molar-refractivity contribution >= 4 is 17.2 Å². The molecular formula is C29H31N2O4. The van der Waals surface area contributed by atoms with Gasteiger partial charge in [0.05, 0.1) is 39.3 Å². The van der Waals surface area contributed by atoms with Gasteiger partial charge in [-0.25, -0.2) is 10.3 Å². The second-order valence-corrected chi connectivity index (χ2v) is 8.07. The highest BCUT2D eigenvalue weighted by atomic mass is 16.5. The van der Waals surface area contributed by atoms with Crippen molar-refractivity contribution in [2.45, 2.75) is 25.9 Å². The number of ether oxygens (including phenoxy) is 4. The summed E-state index contributed by atoms with van der Waals surface area (Å²) in [6.45, 7) is 1.07. The number of aliphatic imine (C=N–C) groups is 1. The molecule has 181 valence electrons. The quantitative estimate of drug-likeness (QED) is 0.307. The first kappa shape index (κ1) is 24.4. The topological polar surface area (TPSA) is 63.4 Å². The van der Waals surface area contributed by atoms with Crippen molar-refractivity contribution in [1.29, 1.82) is 0 Å². The molecule has 35 heavy (non-hydrogen) atoms. The lowest BCUT2D eigenvalue weighted by Crippen LogP contribution is -2.10. The largest absolute Gasteiger partial charge is 0.493 e. The maximum atomic E-state index is 5.92. The van der Waals surface area contributed by atoms with E-state index >= 15 is 0 Å². The van der Waals surface area contributed by atoms with Crippen LogP contribution in [0.5, 0.6) is 17.2 Å². The smallest absolute Gasteiger partial charge is 0.203 e. The van der Waals surface area contributed by atoms with E-state index in [0.717, 1.165) is 53.2 Å². The van der Waals surface area contributed by atoms with Gasteiger partial charge in [-0.3, -0.25) is 0 Å². The van der Waals surface area contributed by atoms with E-state index in [0.29, 0.717) is 30.5 Å². The van der Waals surface area contributed by atoms with Crippen molar-refractivity contribution in [3.8, 4) is 17.2 Å². The highest BCUT2D eigenvalue weighted by Crippen LogP contribution is 2.40. The molecule has 0 amide bonds. The first-order valence-corrected chi connectivity index (χ1v) is 11.7. The van der Waals surface area contributed by atoms with E-state index < -0.39 is 0 Å². The van der Waals surface area contributed by atoms with E-state index in [1.807, 2.05) is 48.5 Å². The Morgan fingerprint density at radius 2 is 1.31 bits per heavy atom. The number of unbranched alkanes of at least 4 members (excludes halogenated alkanes) is 1. The predicted octanol–water partition coefficient (Wildman–Crippen LogP) is 5.94. The van der Waals surface area contributed by atoms with E-state index in [4.69, 9.17) is 29.3 Å². The van der Waals surface area contributed by atoms with Crippen molar-refractivity contribution in [2.75, 3.05) is 27.9 Å². The van der Waals surface area contributed by atoms with Crippen LogP contribution in [-0.2, 0) is 11.3 Å². The molecule has 0 atom stereocenters. The van der Waals surface area contributed by atoms with Gasteiger partial charge in [-0.15, -0.1) is 0 Å². The van der Waals surface area contributed by atoms with Crippen LogP contribution in [0, 0.1) is 0 Å². The van der Waals surface area contributed by atoms with Crippen LogP contribution in [0.3, 0.4) is 0 Å². The number of hydrogen-bond acceptors (Lipinski definition) is 5. The summed E-state index contributed by atoms with van der Waals surface area (Å²) in [5.41, 5.74) is 4.95. The van der Waals surface area contributed by atoms with Crippen LogP contribution in [0.25, 0.3) is 11.4 Å². The molecule has 4 rings (SSSR count). The van der Waals surface area contributed by atoms with Crippen LogP contribution in [0.4, 0.5) is 0 Å². The summed E-state index contributed by atoms with van der Waals surface area (Å²) in [5.74, 6) is 2.71. The van der Waals surface area contributed by atoms with Crippen LogP contribution < -0.4 is 19.5 Å². The van der Waals surface area contributed by atoms with E-state index in [9.17, 15) is 0 Å². The van der Waals surface area contributed by atoms with E-state index in [1.54, 1.807) is 21.3 Å². The minimum atomic E-state index is 0.437. The maximum absolute atomic E-state index is 5.92. The average Bonchev–Trinajstić information content (AvgIpc) is 3.35. The molecule has 0 aromatic heterocycles. The number of methoxy groups -OCH3 is 3. The highest BCUT2D eigenvalue weighted by Gasteiger charge is 2.21. The number of amidine groups is 1. The fraction of sp³-hybridized carbons (Fsp3) is 0.276. The number of rotatable bonds is 12. The molecule has 0 saturated heterocycles. The van der Waals surface area contributed by atoms with Gasteiger partial charge < -0.3 is 18.9 Å². The zero-order valence-electron chi connectivity index (χ0n) is 20.5. The Labute approximate surface area is 207 Å². The van der Waals surface area contributed by atoms with Crippen molar-refractivity contribution in [2.24, 2.45) is 4.99 Å². The normalized spacial score (nSPS) is 12.8. The third-order valence-electron chi connectivity index (χ3n) is 5.78. The fourth-order valence-corrected chi connectivity index (χ4v) is 4.04. The molecule has 3 aromatic carbocycles. The standard InChI is InChI=1S/C29H31N2O4/c1-32-24-18-17-23(28(33-2)29(24)34-3)20-35-19-11-10-16-25-30-26(21-12-6-4-7-13-21)27(31-25)22-14-8-5-9-15-22/h4-9,12-15,17-18H,10-11,16,19-20H2,1-3H3. The zero-order valence-corrected chi connectivity index (χ0v) is 20.5. The Morgan fingerprint density at radius 3 is 1.94 bits per heavy atom.